The van der Waals surface area contributed by atoms with E-state index in [1.807, 2.05) is 0 Å². The van der Waals surface area contributed by atoms with Gasteiger partial charge in [0, 0.05) is 31.5 Å². The van der Waals surface area contributed by atoms with E-state index < -0.39 is 0 Å². The molecule has 0 amide bonds. The lowest BCUT2D eigenvalue weighted by Gasteiger charge is -2.26. The number of nitrogens with zero attached hydrogens (tertiary/aromatic N) is 1. The van der Waals surface area contributed by atoms with Gasteiger partial charge in [0.1, 0.15) is 0 Å². The zero-order valence-corrected chi connectivity index (χ0v) is 12.3. The van der Waals surface area contributed by atoms with Crippen LogP contribution in [0.25, 0.3) is 0 Å². The average Bonchev–Trinajstić information content (AvgIpc) is 2.48. The summed E-state index contributed by atoms with van der Waals surface area (Å²) in [7, 11) is 4.14. The summed E-state index contributed by atoms with van der Waals surface area (Å²) in [6.07, 6.45) is 3.53. The Balaban J connectivity index is 1.67. The van der Waals surface area contributed by atoms with Crippen molar-refractivity contribution in [2.75, 3.05) is 24.3 Å². The highest BCUT2D eigenvalue weighted by Gasteiger charge is 2.17. The minimum absolute atomic E-state index is 0.551. The van der Waals surface area contributed by atoms with Gasteiger partial charge in [-0.1, -0.05) is 24.3 Å². The van der Waals surface area contributed by atoms with E-state index in [9.17, 15) is 0 Å². The minimum Gasteiger partial charge on any atom is -0.382 e. The van der Waals surface area contributed by atoms with Gasteiger partial charge in [0.15, 0.2) is 0 Å². The van der Waals surface area contributed by atoms with E-state index in [1.54, 1.807) is 0 Å². The fraction of sp³-hybridized carbons (Fsp3) is 0.333. The maximum atomic E-state index is 3.67. The molecular weight excluding hydrogens is 244 g/mol. The van der Waals surface area contributed by atoms with Crippen LogP contribution in [0.5, 0.6) is 0 Å². The first-order chi connectivity index (χ1) is 9.72. The van der Waals surface area contributed by atoms with E-state index >= 15 is 0 Å². The van der Waals surface area contributed by atoms with E-state index in [0.29, 0.717) is 6.04 Å². The summed E-state index contributed by atoms with van der Waals surface area (Å²) in [5.41, 5.74) is 5.49. The Morgan fingerprint density at radius 2 is 1.65 bits per heavy atom. The summed E-state index contributed by atoms with van der Waals surface area (Å²) >= 11 is 0. The fourth-order valence-electron chi connectivity index (χ4n) is 2.91. The number of rotatable bonds is 3. The molecular formula is C18H22N2. The predicted molar refractivity (Wildman–Crippen MR) is 86.6 cm³/mol. The van der Waals surface area contributed by atoms with Crippen molar-refractivity contribution < 1.29 is 0 Å². The molecule has 0 aromatic heterocycles. The van der Waals surface area contributed by atoms with Gasteiger partial charge in [0.2, 0.25) is 0 Å². The first kappa shape index (κ1) is 13.0. The summed E-state index contributed by atoms with van der Waals surface area (Å²) in [6.45, 7) is 0. The Labute approximate surface area is 121 Å². The van der Waals surface area contributed by atoms with E-state index in [1.165, 1.54) is 35.3 Å². The first-order valence-electron chi connectivity index (χ1n) is 7.33. The molecule has 2 nitrogen and oxygen atoms in total. The highest BCUT2D eigenvalue weighted by atomic mass is 15.1. The normalized spacial score (nSPS) is 17.4. The van der Waals surface area contributed by atoms with Gasteiger partial charge < -0.3 is 10.2 Å². The quantitative estimate of drug-likeness (QED) is 0.911. The van der Waals surface area contributed by atoms with Crippen LogP contribution in [0.3, 0.4) is 0 Å². The number of anilines is 2. The number of benzene rings is 2. The summed E-state index contributed by atoms with van der Waals surface area (Å²) in [5, 5.41) is 3.67. The van der Waals surface area contributed by atoms with Crippen LogP contribution in [-0.2, 0) is 12.8 Å². The van der Waals surface area contributed by atoms with Crippen LogP contribution in [0, 0.1) is 0 Å². The van der Waals surface area contributed by atoms with Crippen LogP contribution in [0.15, 0.2) is 48.5 Å². The lowest BCUT2D eigenvalue weighted by Crippen LogP contribution is -2.27. The van der Waals surface area contributed by atoms with Crippen LogP contribution in [0.4, 0.5) is 11.4 Å². The maximum absolute atomic E-state index is 3.67. The summed E-state index contributed by atoms with van der Waals surface area (Å²) in [6, 6.07) is 18.1. The number of nitrogens with one attached hydrogen (secondary N) is 1. The smallest absolute Gasteiger partial charge is 0.0362 e. The Morgan fingerprint density at radius 3 is 2.35 bits per heavy atom. The average molecular weight is 266 g/mol. The molecule has 0 bridgehead atoms. The van der Waals surface area contributed by atoms with Gasteiger partial charge in [0.05, 0.1) is 0 Å². The maximum Gasteiger partial charge on any atom is 0.0362 e. The number of hydrogen-bond donors (Lipinski definition) is 1. The molecule has 0 radical (unpaired) electrons. The second kappa shape index (κ2) is 5.58. The molecule has 2 aromatic carbocycles. The molecule has 1 aliphatic carbocycles. The third kappa shape index (κ3) is 2.79. The van der Waals surface area contributed by atoms with Gasteiger partial charge in [-0.15, -0.1) is 0 Å². The van der Waals surface area contributed by atoms with E-state index in [-0.39, 0.29) is 0 Å². The summed E-state index contributed by atoms with van der Waals surface area (Å²) in [4.78, 5) is 2.13. The second-order valence-electron chi connectivity index (χ2n) is 5.79. The van der Waals surface area contributed by atoms with Crippen LogP contribution < -0.4 is 10.2 Å². The fourth-order valence-corrected chi connectivity index (χ4v) is 2.91. The van der Waals surface area contributed by atoms with Crippen LogP contribution in [0.2, 0.25) is 0 Å². The molecule has 1 atom stereocenters. The lowest BCUT2D eigenvalue weighted by molar-refractivity contribution is 0.611. The molecule has 0 heterocycles. The molecule has 1 N–H and O–H groups in total. The van der Waals surface area contributed by atoms with Crippen molar-refractivity contribution in [1.82, 2.24) is 0 Å². The molecule has 1 aliphatic rings. The van der Waals surface area contributed by atoms with Gasteiger partial charge in [-0.05, 0) is 54.7 Å². The number of hydrogen-bond acceptors (Lipinski definition) is 2. The topological polar surface area (TPSA) is 15.3 Å². The second-order valence-corrected chi connectivity index (χ2v) is 5.79. The molecule has 3 rings (SSSR count). The summed E-state index contributed by atoms with van der Waals surface area (Å²) < 4.78 is 0. The van der Waals surface area contributed by atoms with Crippen LogP contribution in [0.1, 0.15) is 17.5 Å². The molecule has 0 saturated carbocycles. The van der Waals surface area contributed by atoms with Crippen molar-refractivity contribution in [2.45, 2.75) is 25.3 Å². The highest BCUT2D eigenvalue weighted by molar-refractivity contribution is 5.55. The highest BCUT2D eigenvalue weighted by Crippen LogP contribution is 2.24. The van der Waals surface area contributed by atoms with Crippen LogP contribution in [-0.4, -0.2) is 20.1 Å². The number of aryl methyl sites for hydroxylation is 1. The molecule has 0 aliphatic heterocycles. The Morgan fingerprint density at radius 1 is 0.950 bits per heavy atom. The molecule has 2 heteroatoms. The van der Waals surface area contributed by atoms with E-state index in [2.05, 4.69) is 72.8 Å². The van der Waals surface area contributed by atoms with E-state index in [4.69, 9.17) is 0 Å². The minimum atomic E-state index is 0.551. The van der Waals surface area contributed by atoms with Gasteiger partial charge in [-0.25, -0.2) is 0 Å². The van der Waals surface area contributed by atoms with Crippen molar-refractivity contribution in [3.05, 3.63) is 59.7 Å². The largest absolute Gasteiger partial charge is 0.382 e. The van der Waals surface area contributed by atoms with Gasteiger partial charge in [0.25, 0.3) is 0 Å². The predicted octanol–water partition coefficient (Wildman–Crippen LogP) is 3.72. The van der Waals surface area contributed by atoms with Crippen molar-refractivity contribution in [2.24, 2.45) is 0 Å². The molecule has 0 fully saturated rings. The third-order valence-electron chi connectivity index (χ3n) is 4.10. The molecule has 0 saturated heterocycles. The molecule has 1 unspecified atom stereocenters. The lowest BCUT2D eigenvalue weighted by atomic mass is 9.88. The van der Waals surface area contributed by atoms with Gasteiger partial charge >= 0.3 is 0 Å². The third-order valence-corrected chi connectivity index (χ3v) is 4.10. The zero-order chi connectivity index (χ0) is 13.9. The van der Waals surface area contributed by atoms with Crippen molar-refractivity contribution >= 4 is 11.4 Å². The molecule has 0 spiro atoms. The van der Waals surface area contributed by atoms with Crippen molar-refractivity contribution in [3.63, 3.8) is 0 Å². The van der Waals surface area contributed by atoms with E-state index in [0.717, 1.165) is 6.42 Å². The van der Waals surface area contributed by atoms with Crippen LogP contribution >= 0.6 is 0 Å². The standard InChI is InChI=1S/C18H22N2/c1-20(2)18-11-9-16(10-12-18)19-17-8-7-14-5-3-4-6-15(14)13-17/h3-6,9-12,17,19H,7-8,13H2,1-2H3. The molecule has 104 valence electrons. The Kier molecular flexibility index (Phi) is 3.64. The molecule has 20 heavy (non-hydrogen) atoms. The monoisotopic (exact) mass is 266 g/mol. The molecule has 2 aromatic rings. The Hall–Kier alpha value is -1.96. The van der Waals surface area contributed by atoms with Gasteiger partial charge in [-0.2, -0.15) is 0 Å². The van der Waals surface area contributed by atoms with Crippen molar-refractivity contribution in [3.8, 4) is 0 Å². The first-order valence-corrected chi connectivity index (χ1v) is 7.33. The number of fused-ring (bicyclic) bond motifs is 1. The van der Waals surface area contributed by atoms with Crippen molar-refractivity contribution in [1.29, 1.82) is 0 Å². The van der Waals surface area contributed by atoms with Gasteiger partial charge in [-0.3, -0.25) is 0 Å². The SMILES string of the molecule is CN(C)c1ccc(NC2CCc3ccccc3C2)cc1. The zero-order valence-electron chi connectivity index (χ0n) is 12.3. The summed E-state index contributed by atoms with van der Waals surface area (Å²) in [5.74, 6) is 0. The Bertz CT molecular complexity index is 572.